The average Bonchev–Trinajstić information content (AvgIpc) is 3.43. The van der Waals surface area contributed by atoms with Crippen LogP contribution in [0.5, 0.6) is 0 Å². The minimum absolute atomic E-state index is 0.123. The minimum atomic E-state index is 0.123. The van der Waals surface area contributed by atoms with Gasteiger partial charge in [-0.3, -0.25) is 0 Å². The zero-order valence-electron chi connectivity index (χ0n) is 21.6. The lowest BCUT2D eigenvalue weighted by molar-refractivity contribution is 0.925. The van der Waals surface area contributed by atoms with Crippen LogP contribution in [0.2, 0.25) is 0 Å². The van der Waals surface area contributed by atoms with Gasteiger partial charge in [-0.2, -0.15) is 0 Å². The first-order valence-electron chi connectivity index (χ1n) is 13.3. The molecule has 2 aliphatic rings. The third kappa shape index (κ3) is 3.23. The summed E-state index contributed by atoms with van der Waals surface area (Å²) >= 11 is 0. The van der Waals surface area contributed by atoms with Gasteiger partial charge >= 0.3 is 0 Å². The van der Waals surface area contributed by atoms with E-state index >= 15 is 0 Å². The Balaban J connectivity index is 1.52. The van der Waals surface area contributed by atoms with Gasteiger partial charge in [0.25, 0.3) is 6.71 Å². The maximum absolute atomic E-state index is 4.76. The number of hydrogen-bond acceptors (Lipinski definition) is 3. The molecule has 0 saturated heterocycles. The summed E-state index contributed by atoms with van der Waals surface area (Å²) < 4.78 is 2.10. The molecule has 5 aromatic carbocycles. The Morgan fingerprint density at radius 3 is 1.54 bits per heavy atom. The van der Waals surface area contributed by atoms with Crippen molar-refractivity contribution in [1.82, 2.24) is 9.55 Å². The zero-order chi connectivity index (χ0) is 25.9. The van der Waals surface area contributed by atoms with Crippen molar-refractivity contribution in [2.24, 2.45) is 7.05 Å². The van der Waals surface area contributed by atoms with E-state index in [9.17, 15) is 0 Å². The molecule has 0 saturated carbocycles. The second-order valence-corrected chi connectivity index (χ2v) is 10.2. The molecule has 1 aromatic heterocycles. The maximum atomic E-state index is 4.76. The summed E-state index contributed by atoms with van der Waals surface area (Å²) in [5.74, 6) is 0.948. The molecule has 0 N–H and O–H groups in total. The molecule has 2 aliphatic heterocycles. The van der Waals surface area contributed by atoms with E-state index in [2.05, 4.69) is 143 Å². The van der Waals surface area contributed by atoms with Gasteiger partial charge in [-0.15, -0.1) is 0 Å². The highest BCUT2D eigenvalue weighted by Gasteiger charge is 2.43. The SMILES string of the molecule is Cn1ccnc1-c1cc2c3c(c1)N(c1ccccc1)c1ccccc1B3c1ccccc1N2c1ccccc1. The number of imidazole rings is 1. The Hall–Kier alpha value is -5.03. The van der Waals surface area contributed by atoms with Crippen LogP contribution in [0.1, 0.15) is 0 Å². The van der Waals surface area contributed by atoms with Crippen LogP contribution in [0, 0.1) is 0 Å². The molecule has 4 nitrogen and oxygen atoms in total. The van der Waals surface area contributed by atoms with Crippen LogP contribution >= 0.6 is 0 Å². The van der Waals surface area contributed by atoms with Crippen LogP contribution in [-0.4, -0.2) is 16.3 Å². The Bertz CT molecular complexity index is 1730. The molecule has 6 aromatic rings. The molecule has 0 unspecified atom stereocenters. The number of benzene rings is 5. The summed E-state index contributed by atoms with van der Waals surface area (Å²) in [7, 11) is 2.06. The summed E-state index contributed by atoms with van der Waals surface area (Å²) in [4.78, 5) is 9.61. The highest BCUT2D eigenvalue weighted by Crippen LogP contribution is 2.45. The fraction of sp³-hybridized carbons (Fsp3) is 0.0294. The number of nitrogens with zero attached hydrogens (tertiary/aromatic N) is 4. The Kier molecular flexibility index (Phi) is 4.80. The van der Waals surface area contributed by atoms with Gasteiger partial charge in [0.1, 0.15) is 5.82 Å². The number of fused-ring (bicyclic) bond motifs is 4. The standard InChI is InChI=1S/C34H25BN4/c1-37-21-20-36-34(37)24-22-31-33-32(23-24)39(26-14-6-3-7-15-26)30-19-11-9-17-28(30)35(33)27-16-8-10-18-29(27)38(31)25-12-4-2-5-13-25/h2-23H,1H3. The van der Waals surface area contributed by atoms with Gasteiger partial charge in [-0.25, -0.2) is 4.98 Å². The van der Waals surface area contributed by atoms with Gasteiger partial charge in [0, 0.05) is 59.1 Å². The van der Waals surface area contributed by atoms with Crippen molar-refractivity contribution in [2.75, 3.05) is 9.80 Å². The van der Waals surface area contributed by atoms with Gasteiger partial charge in [0.15, 0.2) is 0 Å². The number of aryl methyl sites for hydroxylation is 1. The molecular weight excluding hydrogens is 475 g/mol. The van der Waals surface area contributed by atoms with E-state index in [0.717, 1.165) is 22.8 Å². The minimum Gasteiger partial charge on any atom is -0.334 e. The van der Waals surface area contributed by atoms with E-state index in [1.807, 2.05) is 12.4 Å². The molecule has 0 atom stereocenters. The van der Waals surface area contributed by atoms with Crippen LogP contribution in [-0.2, 0) is 7.05 Å². The van der Waals surface area contributed by atoms with E-state index in [0.29, 0.717) is 0 Å². The van der Waals surface area contributed by atoms with Crippen molar-refractivity contribution < 1.29 is 0 Å². The van der Waals surface area contributed by atoms with Crippen LogP contribution in [0.3, 0.4) is 0 Å². The molecule has 8 rings (SSSR count). The number of rotatable bonds is 3. The lowest BCUT2D eigenvalue weighted by Crippen LogP contribution is -2.61. The van der Waals surface area contributed by atoms with E-state index in [-0.39, 0.29) is 6.71 Å². The Labute approximate surface area is 228 Å². The van der Waals surface area contributed by atoms with Gasteiger partial charge in [-0.05, 0) is 64.9 Å². The lowest BCUT2D eigenvalue weighted by Gasteiger charge is -2.44. The molecule has 184 valence electrons. The molecular formula is C34H25BN4. The smallest absolute Gasteiger partial charge is 0.252 e. The van der Waals surface area contributed by atoms with Crippen molar-refractivity contribution in [2.45, 2.75) is 0 Å². The fourth-order valence-corrected chi connectivity index (χ4v) is 6.38. The third-order valence-electron chi connectivity index (χ3n) is 7.99. The summed E-state index contributed by atoms with van der Waals surface area (Å²) in [6.07, 6.45) is 3.88. The monoisotopic (exact) mass is 500 g/mol. The summed E-state index contributed by atoms with van der Waals surface area (Å²) in [6.45, 7) is 0.123. The van der Waals surface area contributed by atoms with E-state index in [1.54, 1.807) is 0 Å². The van der Waals surface area contributed by atoms with Crippen molar-refractivity contribution in [1.29, 1.82) is 0 Å². The molecule has 5 heteroatoms. The van der Waals surface area contributed by atoms with E-state index in [4.69, 9.17) is 4.98 Å². The first kappa shape index (κ1) is 22.0. The highest BCUT2D eigenvalue weighted by molar-refractivity contribution is 7.00. The third-order valence-corrected chi connectivity index (χ3v) is 7.99. The number of hydrogen-bond donors (Lipinski definition) is 0. The largest absolute Gasteiger partial charge is 0.334 e. The summed E-state index contributed by atoms with van der Waals surface area (Å²) in [5.41, 5.74) is 12.2. The zero-order valence-corrected chi connectivity index (χ0v) is 21.6. The second kappa shape index (κ2) is 8.50. The van der Waals surface area contributed by atoms with Crippen LogP contribution in [0.25, 0.3) is 11.4 Å². The summed E-state index contributed by atoms with van der Waals surface area (Å²) in [6, 6.07) is 43.8. The van der Waals surface area contributed by atoms with Crippen molar-refractivity contribution in [3.63, 3.8) is 0 Å². The van der Waals surface area contributed by atoms with E-state index in [1.165, 1.54) is 39.1 Å². The van der Waals surface area contributed by atoms with Gasteiger partial charge in [-0.1, -0.05) is 72.8 Å². The number of aromatic nitrogens is 2. The molecule has 0 radical (unpaired) electrons. The predicted molar refractivity (Wildman–Crippen MR) is 163 cm³/mol. The average molecular weight is 500 g/mol. The molecule has 0 spiro atoms. The van der Waals surface area contributed by atoms with E-state index < -0.39 is 0 Å². The van der Waals surface area contributed by atoms with Gasteiger partial charge in [0.2, 0.25) is 0 Å². The highest BCUT2D eigenvalue weighted by atomic mass is 15.2. The molecule has 0 bridgehead atoms. The molecule has 3 heterocycles. The predicted octanol–water partition coefficient (Wildman–Crippen LogP) is 6.17. The molecule has 39 heavy (non-hydrogen) atoms. The van der Waals surface area contributed by atoms with Crippen molar-refractivity contribution in [3.8, 4) is 11.4 Å². The lowest BCUT2D eigenvalue weighted by atomic mass is 9.33. The van der Waals surface area contributed by atoms with Crippen molar-refractivity contribution in [3.05, 3.63) is 134 Å². The van der Waals surface area contributed by atoms with Gasteiger partial charge < -0.3 is 14.4 Å². The van der Waals surface area contributed by atoms with Crippen LogP contribution in [0.4, 0.5) is 34.1 Å². The topological polar surface area (TPSA) is 24.3 Å². The van der Waals surface area contributed by atoms with Gasteiger partial charge in [0.05, 0.1) is 0 Å². The first-order chi connectivity index (χ1) is 19.3. The molecule has 0 aliphatic carbocycles. The Morgan fingerprint density at radius 1 is 0.564 bits per heavy atom. The van der Waals surface area contributed by atoms with Crippen LogP contribution in [0.15, 0.2) is 134 Å². The first-order valence-corrected chi connectivity index (χ1v) is 13.3. The number of para-hydroxylation sites is 4. The fourth-order valence-electron chi connectivity index (χ4n) is 6.38. The summed E-state index contributed by atoms with van der Waals surface area (Å²) in [5, 5.41) is 0. The maximum Gasteiger partial charge on any atom is 0.252 e. The Morgan fingerprint density at radius 2 is 1.05 bits per heavy atom. The molecule has 0 fully saturated rings. The van der Waals surface area contributed by atoms with Crippen molar-refractivity contribution >= 4 is 57.2 Å². The normalized spacial score (nSPS) is 13.1. The van der Waals surface area contributed by atoms with Crippen LogP contribution < -0.4 is 26.2 Å². The molecule has 0 amide bonds. The number of anilines is 6. The quantitative estimate of drug-likeness (QED) is 0.271. The second-order valence-electron chi connectivity index (χ2n) is 10.2.